The Balaban J connectivity index is 1.80. The number of aliphatic hydroxyl groups is 1. The predicted molar refractivity (Wildman–Crippen MR) is 94.2 cm³/mol. The standard InChI is InChI=1S/C19H25N3O4/c1-2-8-20-18(25)16-12(10-23)14-9-21-13(4-3-5-15(21)24)17(16)22(14)19(26)11-6-7-11/h3-5,11-12,14,16-17,23H,2,6-10H2,1H3,(H,20,25)/t12-,14-,16+,17+/m0/s1. The molecule has 2 aliphatic heterocycles. The van der Waals surface area contributed by atoms with Crippen molar-refractivity contribution >= 4 is 11.8 Å². The van der Waals surface area contributed by atoms with Crippen LogP contribution in [0.5, 0.6) is 0 Å². The van der Waals surface area contributed by atoms with Crippen LogP contribution in [0.2, 0.25) is 0 Å². The molecular formula is C19H25N3O4. The van der Waals surface area contributed by atoms with Gasteiger partial charge in [-0.1, -0.05) is 13.0 Å². The van der Waals surface area contributed by atoms with E-state index >= 15 is 0 Å². The molecule has 2 fully saturated rings. The molecule has 1 saturated heterocycles. The fourth-order valence-corrected chi connectivity index (χ4v) is 4.57. The molecule has 3 heterocycles. The van der Waals surface area contributed by atoms with Crippen molar-refractivity contribution in [3.63, 3.8) is 0 Å². The van der Waals surface area contributed by atoms with Crippen LogP contribution in [0, 0.1) is 17.8 Å². The van der Waals surface area contributed by atoms with Crippen LogP contribution in [0.1, 0.15) is 37.9 Å². The van der Waals surface area contributed by atoms with Gasteiger partial charge in [-0.15, -0.1) is 0 Å². The van der Waals surface area contributed by atoms with E-state index in [1.54, 1.807) is 10.6 Å². The monoisotopic (exact) mass is 359 g/mol. The van der Waals surface area contributed by atoms with Gasteiger partial charge in [0.15, 0.2) is 0 Å². The van der Waals surface area contributed by atoms with Crippen LogP contribution in [-0.2, 0) is 16.1 Å². The minimum absolute atomic E-state index is 0.0266. The number of hydrogen-bond acceptors (Lipinski definition) is 4. The number of pyridine rings is 1. The summed E-state index contributed by atoms with van der Waals surface area (Å²) in [5, 5.41) is 13.0. The zero-order valence-corrected chi connectivity index (χ0v) is 14.9. The van der Waals surface area contributed by atoms with E-state index in [9.17, 15) is 19.5 Å². The highest BCUT2D eigenvalue weighted by Gasteiger charge is 2.58. The number of nitrogens with one attached hydrogen (secondary N) is 1. The van der Waals surface area contributed by atoms with E-state index in [2.05, 4.69) is 5.32 Å². The molecule has 1 aliphatic carbocycles. The second-order valence-electron chi connectivity index (χ2n) is 7.59. The molecule has 140 valence electrons. The molecule has 7 heteroatoms. The second kappa shape index (κ2) is 6.54. The van der Waals surface area contributed by atoms with Crippen LogP contribution < -0.4 is 10.9 Å². The average Bonchev–Trinajstić information content (AvgIpc) is 3.45. The summed E-state index contributed by atoms with van der Waals surface area (Å²) in [4.78, 5) is 40.1. The molecule has 2 bridgehead atoms. The zero-order chi connectivity index (χ0) is 18.4. The number of nitrogens with zero attached hydrogens (tertiary/aromatic N) is 2. The first-order valence-electron chi connectivity index (χ1n) is 9.49. The maximum absolute atomic E-state index is 13.0. The smallest absolute Gasteiger partial charge is 0.250 e. The number of hydrogen-bond donors (Lipinski definition) is 2. The Labute approximate surface area is 152 Å². The van der Waals surface area contributed by atoms with Gasteiger partial charge in [-0.3, -0.25) is 14.4 Å². The Bertz CT molecular complexity index is 785. The van der Waals surface area contributed by atoms with Gasteiger partial charge in [-0.25, -0.2) is 0 Å². The third-order valence-electron chi connectivity index (χ3n) is 5.95. The maximum atomic E-state index is 13.0. The Hall–Kier alpha value is -2.15. The lowest BCUT2D eigenvalue weighted by Crippen LogP contribution is -2.49. The highest BCUT2D eigenvalue weighted by atomic mass is 16.3. The van der Waals surface area contributed by atoms with Crippen LogP contribution in [0.3, 0.4) is 0 Å². The third kappa shape index (κ3) is 2.57. The molecule has 3 aliphatic rings. The first-order valence-corrected chi connectivity index (χ1v) is 9.49. The molecule has 1 saturated carbocycles. The second-order valence-corrected chi connectivity index (χ2v) is 7.59. The van der Waals surface area contributed by atoms with Crippen LogP contribution in [0.25, 0.3) is 0 Å². The average molecular weight is 359 g/mol. The first-order chi connectivity index (χ1) is 12.6. The van der Waals surface area contributed by atoms with Gasteiger partial charge >= 0.3 is 0 Å². The van der Waals surface area contributed by atoms with Gasteiger partial charge in [-0.2, -0.15) is 0 Å². The van der Waals surface area contributed by atoms with Crippen molar-refractivity contribution in [3.05, 3.63) is 34.2 Å². The molecule has 4 atom stereocenters. The largest absolute Gasteiger partial charge is 0.396 e. The lowest BCUT2D eigenvalue weighted by molar-refractivity contribution is -0.138. The number of aliphatic hydroxyl groups excluding tert-OH is 1. The molecule has 1 aromatic heterocycles. The van der Waals surface area contributed by atoms with Gasteiger partial charge in [0.1, 0.15) is 0 Å². The molecule has 4 rings (SSSR count). The minimum Gasteiger partial charge on any atom is -0.396 e. The first kappa shape index (κ1) is 17.3. The molecule has 2 N–H and O–H groups in total. The SMILES string of the molecule is CCCNC(=O)[C@@H]1[C@@H](CO)[C@@H]2Cn3c(cccc3=O)[C@H]1N2C(=O)C1CC1. The normalized spacial score (nSPS) is 29.4. The summed E-state index contributed by atoms with van der Waals surface area (Å²) >= 11 is 0. The van der Waals surface area contributed by atoms with Gasteiger partial charge in [0, 0.05) is 43.3 Å². The number of fused-ring (bicyclic) bond motifs is 4. The Kier molecular flexibility index (Phi) is 4.34. The molecule has 0 radical (unpaired) electrons. The van der Waals surface area contributed by atoms with Gasteiger partial charge in [0.05, 0.1) is 18.0 Å². The fourth-order valence-electron chi connectivity index (χ4n) is 4.57. The van der Waals surface area contributed by atoms with Crippen molar-refractivity contribution in [2.75, 3.05) is 13.2 Å². The molecule has 0 spiro atoms. The van der Waals surface area contributed by atoms with Crippen molar-refractivity contribution in [2.24, 2.45) is 17.8 Å². The number of aromatic nitrogens is 1. The fraction of sp³-hybridized carbons (Fsp3) is 0.632. The van der Waals surface area contributed by atoms with Crippen molar-refractivity contribution in [3.8, 4) is 0 Å². The molecule has 0 unspecified atom stereocenters. The molecule has 0 aromatic carbocycles. The van der Waals surface area contributed by atoms with E-state index in [1.165, 1.54) is 6.07 Å². The number of carbonyl (C=O) groups excluding carboxylic acids is 2. The third-order valence-corrected chi connectivity index (χ3v) is 5.95. The van der Waals surface area contributed by atoms with Crippen molar-refractivity contribution in [2.45, 2.75) is 44.8 Å². The van der Waals surface area contributed by atoms with Gasteiger partial charge in [0.25, 0.3) is 5.56 Å². The van der Waals surface area contributed by atoms with Gasteiger partial charge in [0.2, 0.25) is 11.8 Å². The predicted octanol–water partition coefficient (Wildman–Crippen LogP) is 0.275. The van der Waals surface area contributed by atoms with E-state index < -0.39 is 12.0 Å². The van der Waals surface area contributed by atoms with Crippen molar-refractivity contribution < 1.29 is 14.7 Å². The highest BCUT2D eigenvalue weighted by Crippen LogP contribution is 2.50. The Morgan fingerprint density at radius 2 is 2.08 bits per heavy atom. The van der Waals surface area contributed by atoms with Crippen LogP contribution in [-0.4, -0.2) is 45.6 Å². The summed E-state index contributed by atoms with van der Waals surface area (Å²) in [5.74, 6) is -0.948. The lowest BCUT2D eigenvalue weighted by atomic mass is 9.86. The molecule has 2 amide bonds. The summed E-state index contributed by atoms with van der Waals surface area (Å²) < 4.78 is 1.67. The summed E-state index contributed by atoms with van der Waals surface area (Å²) in [7, 11) is 0. The Morgan fingerprint density at radius 1 is 1.31 bits per heavy atom. The zero-order valence-electron chi connectivity index (χ0n) is 14.9. The summed E-state index contributed by atoms with van der Waals surface area (Å²) in [6.07, 6.45) is 2.58. The summed E-state index contributed by atoms with van der Waals surface area (Å²) in [6.45, 7) is 2.70. The van der Waals surface area contributed by atoms with Gasteiger partial charge in [-0.05, 0) is 25.3 Å². The molecule has 7 nitrogen and oxygen atoms in total. The van der Waals surface area contributed by atoms with E-state index in [0.29, 0.717) is 18.8 Å². The number of rotatable bonds is 5. The number of carbonyl (C=O) groups is 2. The lowest BCUT2D eigenvalue weighted by Gasteiger charge is -2.38. The topological polar surface area (TPSA) is 91.6 Å². The van der Waals surface area contributed by atoms with E-state index in [0.717, 1.165) is 19.3 Å². The molecular weight excluding hydrogens is 334 g/mol. The quantitative estimate of drug-likeness (QED) is 0.790. The van der Waals surface area contributed by atoms with E-state index in [4.69, 9.17) is 0 Å². The molecule has 1 aromatic rings. The Morgan fingerprint density at radius 3 is 2.73 bits per heavy atom. The molecule has 26 heavy (non-hydrogen) atoms. The summed E-state index contributed by atoms with van der Waals surface area (Å²) in [6, 6.07) is 4.21. The van der Waals surface area contributed by atoms with Crippen LogP contribution in [0.15, 0.2) is 23.0 Å². The van der Waals surface area contributed by atoms with Crippen LogP contribution in [0.4, 0.5) is 0 Å². The van der Waals surface area contributed by atoms with Crippen molar-refractivity contribution in [1.82, 2.24) is 14.8 Å². The van der Waals surface area contributed by atoms with Crippen LogP contribution >= 0.6 is 0 Å². The minimum atomic E-state index is -0.533. The van der Waals surface area contributed by atoms with Crippen molar-refractivity contribution in [1.29, 1.82) is 0 Å². The maximum Gasteiger partial charge on any atom is 0.250 e. The summed E-state index contributed by atoms with van der Waals surface area (Å²) in [5.41, 5.74) is 0.581. The van der Waals surface area contributed by atoms with Gasteiger partial charge < -0.3 is 19.9 Å². The van der Waals surface area contributed by atoms with E-state index in [-0.39, 0.29) is 41.9 Å². The number of amides is 2. The highest BCUT2D eigenvalue weighted by molar-refractivity contribution is 5.86. The van der Waals surface area contributed by atoms with E-state index in [1.807, 2.05) is 17.9 Å².